The number of hydrogen-bond acceptors (Lipinski definition) is 6. The third-order valence-corrected chi connectivity index (χ3v) is 8.68. The van der Waals surface area contributed by atoms with Crippen molar-refractivity contribution in [2.75, 3.05) is 34.4 Å². The Balaban J connectivity index is 1.35. The Morgan fingerprint density at radius 2 is 1.19 bits per heavy atom. The highest BCUT2D eigenvalue weighted by molar-refractivity contribution is 6.02. The van der Waals surface area contributed by atoms with Crippen LogP contribution >= 0.6 is 0 Å². The zero-order valence-electron chi connectivity index (χ0n) is 26.9. The minimum atomic E-state index is -0.263. The summed E-state index contributed by atoms with van der Waals surface area (Å²) in [6.45, 7) is 9.46. The number of rotatable bonds is 10. The molecule has 0 aliphatic heterocycles. The summed E-state index contributed by atoms with van der Waals surface area (Å²) in [5.41, 5.74) is 2.74. The highest BCUT2D eigenvalue weighted by atomic mass is 16.5. The zero-order valence-corrected chi connectivity index (χ0v) is 26.9. The van der Waals surface area contributed by atoms with Crippen molar-refractivity contribution in [1.82, 2.24) is 14.0 Å². The van der Waals surface area contributed by atoms with Gasteiger partial charge in [-0.25, -0.2) is 4.79 Å². The van der Waals surface area contributed by atoms with E-state index in [1.807, 2.05) is 72.6 Å². The second-order valence-electron chi connectivity index (χ2n) is 11.4. The molecule has 0 atom stereocenters. The molecule has 0 saturated carbocycles. The van der Waals surface area contributed by atoms with Gasteiger partial charge in [-0.2, -0.15) is 5.26 Å². The van der Waals surface area contributed by atoms with Gasteiger partial charge in [0.2, 0.25) is 5.82 Å². The van der Waals surface area contributed by atoms with E-state index in [1.165, 1.54) is 9.13 Å². The molecule has 0 aliphatic rings. The SMILES string of the molecule is [C-]#[N+]c1c(-c2ccccc2)c2cc(OC)ccc2c(=O)n1CCN(C)CCn1c(C#N)c(-c2ccccc2)c2cc(OC)ccc2c1=O. The Morgan fingerprint density at radius 3 is 1.69 bits per heavy atom. The molecule has 9 heteroatoms. The summed E-state index contributed by atoms with van der Waals surface area (Å²) in [7, 11) is 5.04. The lowest BCUT2D eigenvalue weighted by Crippen LogP contribution is -2.33. The number of fused-ring (bicyclic) bond motifs is 2. The van der Waals surface area contributed by atoms with E-state index in [0.717, 1.165) is 11.1 Å². The molecule has 0 fully saturated rings. The maximum Gasteiger partial charge on any atom is 0.326 e. The molecule has 6 aromatic rings. The molecule has 0 spiro atoms. The van der Waals surface area contributed by atoms with Gasteiger partial charge in [0.05, 0.1) is 26.2 Å². The minimum Gasteiger partial charge on any atom is -0.497 e. The van der Waals surface area contributed by atoms with Crippen LogP contribution in [0.2, 0.25) is 0 Å². The van der Waals surface area contributed by atoms with Crippen molar-refractivity contribution in [3.05, 3.63) is 135 Å². The smallest absolute Gasteiger partial charge is 0.326 e. The van der Waals surface area contributed by atoms with Gasteiger partial charge in [-0.1, -0.05) is 67.2 Å². The molecule has 238 valence electrons. The summed E-state index contributed by atoms with van der Waals surface area (Å²) in [5, 5.41) is 12.7. The molecule has 48 heavy (non-hydrogen) atoms. The van der Waals surface area contributed by atoms with Crippen LogP contribution in [0.5, 0.6) is 11.5 Å². The van der Waals surface area contributed by atoms with Gasteiger partial charge in [0, 0.05) is 41.5 Å². The predicted molar refractivity (Wildman–Crippen MR) is 189 cm³/mol. The fraction of sp³-hybridized carbons (Fsp3) is 0.179. The van der Waals surface area contributed by atoms with E-state index in [0.29, 0.717) is 57.3 Å². The van der Waals surface area contributed by atoms with Crippen LogP contribution in [-0.2, 0) is 13.1 Å². The molecule has 0 unspecified atom stereocenters. The maximum atomic E-state index is 13.8. The summed E-state index contributed by atoms with van der Waals surface area (Å²) < 4.78 is 14.0. The summed E-state index contributed by atoms with van der Waals surface area (Å²) in [6, 6.07) is 32.0. The van der Waals surface area contributed by atoms with Crippen LogP contribution in [0.1, 0.15) is 5.69 Å². The monoisotopic (exact) mass is 635 g/mol. The van der Waals surface area contributed by atoms with Gasteiger partial charge < -0.3 is 19.2 Å². The molecule has 6 rings (SSSR count). The minimum absolute atomic E-state index is 0.247. The van der Waals surface area contributed by atoms with E-state index in [-0.39, 0.29) is 35.7 Å². The van der Waals surface area contributed by atoms with Gasteiger partial charge in [-0.3, -0.25) is 13.9 Å². The molecule has 0 aliphatic carbocycles. The number of likely N-dealkylation sites (N-methyl/N-ethyl adjacent to an activating group) is 1. The number of ether oxygens (including phenoxy) is 2. The number of hydrogen-bond donors (Lipinski definition) is 0. The normalized spacial score (nSPS) is 11.0. The summed E-state index contributed by atoms with van der Waals surface area (Å²) >= 11 is 0. The maximum absolute atomic E-state index is 13.8. The van der Waals surface area contributed by atoms with Crippen molar-refractivity contribution < 1.29 is 9.47 Å². The van der Waals surface area contributed by atoms with Gasteiger partial charge in [-0.15, -0.1) is 0 Å². The molecule has 0 N–H and O–H groups in total. The lowest BCUT2D eigenvalue weighted by Gasteiger charge is -2.21. The van der Waals surface area contributed by atoms with Crippen molar-refractivity contribution in [3.63, 3.8) is 0 Å². The number of nitriles is 1. The number of aromatic nitrogens is 2. The number of benzene rings is 4. The number of methoxy groups -OCH3 is 2. The molecular weight excluding hydrogens is 602 g/mol. The topological polar surface area (TPSA) is 93.9 Å². The first-order chi connectivity index (χ1) is 23.4. The van der Waals surface area contributed by atoms with Gasteiger partial charge in [0.15, 0.2) is 0 Å². The van der Waals surface area contributed by atoms with Crippen LogP contribution in [0.3, 0.4) is 0 Å². The Morgan fingerprint density at radius 1 is 0.708 bits per heavy atom. The first-order valence-corrected chi connectivity index (χ1v) is 15.5. The lowest BCUT2D eigenvalue weighted by molar-refractivity contribution is 0.303. The highest BCUT2D eigenvalue weighted by Crippen LogP contribution is 2.37. The molecule has 9 nitrogen and oxygen atoms in total. The second kappa shape index (κ2) is 13.7. The largest absolute Gasteiger partial charge is 0.497 e. The van der Waals surface area contributed by atoms with Crippen LogP contribution in [-0.4, -0.2) is 48.4 Å². The first kappa shape index (κ1) is 31.8. The molecule has 4 aromatic carbocycles. The first-order valence-electron chi connectivity index (χ1n) is 15.5. The highest BCUT2D eigenvalue weighted by Gasteiger charge is 2.22. The van der Waals surface area contributed by atoms with Crippen LogP contribution < -0.4 is 20.6 Å². The Bertz CT molecular complexity index is 2180. The van der Waals surface area contributed by atoms with Crippen LogP contribution in [0, 0.1) is 17.9 Å². The van der Waals surface area contributed by atoms with E-state index in [9.17, 15) is 14.9 Å². The predicted octanol–water partition coefficient (Wildman–Crippen LogP) is 6.72. The van der Waals surface area contributed by atoms with Crippen LogP contribution in [0.15, 0.2) is 107 Å². The molecule has 0 radical (unpaired) electrons. The molecule has 0 amide bonds. The van der Waals surface area contributed by atoms with Crippen LogP contribution in [0.4, 0.5) is 5.82 Å². The van der Waals surface area contributed by atoms with E-state index in [2.05, 4.69) is 10.9 Å². The summed E-state index contributed by atoms with van der Waals surface area (Å²) in [6.07, 6.45) is 0. The third-order valence-electron chi connectivity index (χ3n) is 8.68. The quantitative estimate of drug-likeness (QED) is 0.155. The van der Waals surface area contributed by atoms with E-state index in [1.54, 1.807) is 50.6 Å². The molecular formula is C39H33N5O4. The number of nitrogens with zero attached hydrogens (tertiary/aromatic N) is 5. The van der Waals surface area contributed by atoms with Gasteiger partial charge in [0.1, 0.15) is 23.3 Å². The third kappa shape index (κ3) is 5.79. The molecule has 2 aromatic heterocycles. The molecule has 0 saturated heterocycles. The zero-order chi connectivity index (χ0) is 33.8. The Labute approximate surface area is 277 Å². The lowest BCUT2D eigenvalue weighted by atomic mass is 9.97. The fourth-order valence-electron chi connectivity index (χ4n) is 6.19. The van der Waals surface area contributed by atoms with Crippen molar-refractivity contribution >= 4 is 27.4 Å². The van der Waals surface area contributed by atoms with Crippen molar-refractivity contribution in [1.29, 1.82) is 5.26 Å². The van der Waals surface area contributed by atoms with Crippen molar-refractivity contribution in [3.8, 4) is 39.8 Å². The number of pyridine rings is 2. The van der Waals surface area contributed by atoms with Crippen molar-refractivity contribution in [2.45, 2.75) is 13.1 Å². The standard InChI is InChI=1S/C39H33N5O4/c1-41-37-36(27-13-9-6-10-14-27)33-24-29(48-4)16-18-31(33)39(46)44(37)22-20-42(2)19-21-43-34(25-40)35(26-11-7-5-8-12-26)32-23-28(47-3)15-17-30(32)38(43)45/h5-18,23-24H,19-22H2,2-4H3. The average molecular weight is 636 g/mol. The van der Waals surface area contributed by atoms with E-state index in [4.69, 9.17) is 16.0 Å². The average Bonchev–Trinajstić information content (AvgIpc) is 3.13. The summed E-state index contributed by atoms with van der Waals surface area (Å²) in [5.74, 6) is 1.45. The van der Waals surface area contributed by atoms with Gasteiger partial charge in [0.25, 0.3) is 5.56 Å². The fourth-order valence-corrected chi connectivity index (χ4v) is 6.19. The molecule has 0 bridgehead atoms. The van der Waals surface area contributed by atoms with E-state index < -0.39 is 0 Å². The summed E-state index contributed by atoms with van der Waals surface area (Å²) in [4.78, 5) is 33.5. The molecule has 2 heterocycles. The Kier molecular flexibility index (Phi) is 9.06. The van der Waals surface area contributed by atoms with Gasteiger partial charge in [-0.05, 0) is 60.0 Å². The van der Waals surface area contributed by atoms with Gasteiger partial charge >= 0.3 is 5.56 Å². The van der Waals surface area contributed by atoms with Crippen LogP contribution in [0.25, 0.3) is 48.6 Å². The second-order valence-corrected chi connectivity index (χ2v) is 11.4. The van der Waals surface area contributed by atoms with E-state index >= 15 is 0 Å². The van der Waals surface area contributed by atoms with Crippen molar-refractivity contribution in [2.24, 2.45) is 0 Å². The Hall–Kier alpha value is -6.16.